The molecule has 0 aliphatic heterocycles. The first kappa shape index (κ1) is 21.2. The van der Waals surface area contributed by atoms with Gasteiger partial charge in [0.1, 0.15) is 6.33 Å². The molecule has 4 aromatic rings. The first-order valence-electron chi connectivity index (χ1n) is 10.4. The summed E-state index contributed by atoms with van der Waals surface area (Å²) in [5.74, 6) is -0.138. The van der Waals surface area contributed by atoms with Crippen LogP contribution in [0.2, 0.25) is 0 Å². The molecule has 2 aromatic carbocycles. The molecule has 6 nitrogen and oxygen atoms in total. The van der Waals surface area contributed by atoms with Crippen molar-refractivity contribution in [2.75, 3.05) is 24.3 Å². The van der Waals surface area contributed by atoms with Crippen LogP contribution in [0.1, 0.15) is 27.2 Å². The van der Waals surface area contributed by atoms with E-state index >= 15 is 0 Å². The van der Waals surface area contributed by atoms with Crippen LogP contribution < -0.4 is 10.2 Å². The summed E-state index contributed by atoms with van der Waals surface area (Å²) in [6.07, 6.45) is 5.64. The molecule has 0 unspecified atom stereocenters. The number of carbonyl (C=O) groups excluding carboxylic acids is 1. The number of nitrogens with one attached hydrogen (secondary N) is 1. The van der Waals surface area contributed by atoms with Gasteiger partial charge in [-0.1, -0.05) is 6.07 Å². The van der Waals surface area contributed by atoms with Gasteiger partial charge in [-0.05, 0) is 72.6 Å². The molecule has 4 rings (SSSR count). The Bertz CT molecular complexity index is 1220. The summed E-state index contributed by atoms with van der Waals surface area (Å²) in [5.41, 5.74) is 7.31. The number of hydrogen-bond donors (Lipinski definition) is 1. The van der Waals surface area contributed by atoms with Gasteiger partial charge in [0.25, 0.3) is 5.91 Å². The van der Waals surface area contributed by atoms with Gasteiger partial charge < -0.3 is 10.2 Å². The Kier molecular flexibility index (Phi) is 6.22. The number of pyridine rings is 1. The molecular weight excluding hydrogens is 398 g/mol. The molecule has 0 atom stereocenters. The molecule has 0 aliphatic rings. The Morgan fingerprint density at radius 2 is 1.78 bits per heavy atom. The highest BCUT2D eigenvalue weighted by molar-refractivity contribution is 6.04. The Morgan fingerprint density at radius 1 is 0.969 bits per heavy atom. The van der Waals surface area contributed by atoms with Gasteiger partial charge in [0.05, 0.1) is 11.4 Å². The highest BCUT2D eigenvalue weighted by Gasteiger charge is 2.13. The van der Waals surface area contributed by atoms with E-state index in [9.17, 15) is 4.79 Å². The van der Waals surface area contributed by atoms with E-state index in [4.69, 9.17) is 0 Å². The van der Waals surface area contributed by atoms with Crippen LogP contribution in [-0.2, 0) is 6.42 Å². The Labute approximate surface area is 188 Å². The van der Waals surface area contributed by atoms with Crippen molar-refractivity contribution in [1.82, 2.24) is 15.0 Å². The van der Waals surface area contributed by atoms with Crippen molar-refractivity contribution in [3.05, 3.63) is 102 Å². The zero-order chi connectivity index (χ0) is 22.5. The largest absolute Gasteiger partial charge is 0.378 e. The smallest absolute Gasteiger partial charge is 0.255 e. The van der Waals surface area contributed by atoms with Crippen LogP contribution in [0.5, 0.6) is 0 Å². The number of nitrogens with zero attached hydrogens (tertiary/aromatic N) is 4. The van der Waals surface area contributed by atoms with Gasteiger partial charge in [0.2, 0.25) is 0 Å². The van der Waals surface area contributed by atoms with Crippen molar-refractivity contribution >= 4 is 17.3 Å². The fraction of sp³-hybridized carbons (Fsp3) is 0.154. The monoisotopic (exact) mass is 423 g/mol. The maximum atomic E-state index is 12.9. The molecule has 2 aromatic heterocycles. The van der Waals surface area contributed by atoms with Gasteiger partial charge in [0.15, 0.2) is 0 Å². The van der Waals surface area contributed by atoms with Crippen molar-refractivity contribution in [3.8, 4) is 11.3 Å². The standard InChI is InChI=1S/C26H25N5O/c1-18-6-7-19(26(32)30-21-8-10-22(11-9-21)31(2)3)15-20(18)16-25-23(5-4-13-28-25)24-12-14-27-17-29-24/h4-15,17H,16H2,1-3H3,(H,30,32). The van der Waals surface area contributed by atoms with Crippen molar-refractivity contribution in [2.45, 2.75) is 13.3 Å². The van der Waals surface area contributed by atoms with E-state index < -0.39 is 0 Å². The third-order valence-corrected chi connectivity index (χ3v) is 5.36. The van der Waals surface area contributed by atoms with Crippen molar-refractivity contribution in [2.24, 2.45) is 0 Å². The van der Waals surface area contributed by atoms with Crippen molar-refractivity contribution in [1.29, 1.82) is 0 Å². The second kappa shape index (κ2) is 9.39. The average Bonchev–Trinajstić information content (AvgIpc) is 2.81. The predicted octanol–water partition coefficient (Wildman–Crippen LogP) is 4.76. The van der Waals surface area contributed by atoms with Crippen LogP contribution in [0.25, 0.3) is 11.3 Å². The van der Waals surface area contributed by atoms with E-state index in [1.807, 2.05) is 86.6 Å². The van der Waals surface area contributed by atoms with Crippen molar-refractivity contribution < 1.29 is 4.79 Å². The van der Waals surface area contributed by atoms with Gasteiger partial charge in [-0.15, -0.1) is 0 Å². The summed E-state index contributed by atoms with van der Waals surface area (Å²) in [6.45, 7) is 2.05. The fourth-order valence-electron chi connectivity index (χ4n) is 3.49. The lowest BCUT2D eigenvalue weighted by Crippen LogP contribution is -2.13. The Hall–Kier alpha value is -4.06. The molecule has 1 N–H and O–H groups in total. The molecule has 6 heteroatoms. The number of anilines is 2. The van der Waals surface area contributed by atoms with Crippen LogP contribution in [0.4, 0.5) is 11.4 Å². The molecule has 0 saturated carbocycles. The lowest BCUT2D eigenvalue weighted by atomic mass is 9.97. The molecule has 0 spiro atoms. The molecule has 0 saturated heterocycles. The third-order valence-electron chi connectivity index (χ3n) is 5.36. The normalized spacial score (nSPS) is 10.6. The number of hydrogen-bond acceptors (Lipinski definition) is 5. The summed E-state index contributed by atoms with van der Waals surface area (Å²) in [4.78, 5) is 27.9. The number of carbonyl (C=O) groups is 1. The quantitative estimate of drug-likeness (QED) is 0.484. The van der Waals surface area contributed by atoms with Crippen LogP contribution in [0.15, 0.2) is 79.4 Å². The van der Waals surface area contributed by atoms with Crippen LogP contribution >= 0.6 is 0 Å². The van der Waals surface area contributed by atoms with E-state index in [2.05, 4.69) is 20.3 Å². The SMILES string of the molecule is Cc1ccc(C(=O)Nc2ccc(N(C)C)cc2)cc1Cc1ncccc1-c1ccncn1. The zero-order valence-electron chi connectivity index (χ0n) is 18.4. The van der Waals surface area contributed by atoms with E-state index in [0.29, 0.717) is 12.0 Å². The van der Waals surface area contributed by atoms with E-state index in [1.54, 1.807) is 12.4 Å². The molecule has 0 bridgehead atoms. The number of benzene rings is 2. The number of aryl methyl sites for hydroxylation is 1. The average molecular weight is 424 g/mol. The Morgan fingerprint density at radius 3 is 2.50 bits per heavy atom. The van der Waals surface area contributed by atoms with Crippen LogP contribution in [0.3, 0.4) is 0 Å². The van der Waals surface area contributed by atoms with Gasteiger partial charge in [-0.3, -0.25) is 9.78 Å². The predicted molar refractivity (Wildman–Crippen MR) is 128 cm³/mol. The second-order valence-corrected chi connectivity index (χ2v) is 7.81. The molecule has 160 valence electrons. The highest BCUT2D eigenvalue weighted by Crippen LogP contribution is 2.24. The zero-order valence-corrected chi connectivity index (χ0v) is 18.4. The minimum Gasteiger partial charge on any atom is -0.378 e. The van der Waals surface area contributed by atoms with E-state index in [1.165, 1.54) is 6.33 Å². The first-order chi connectivity index (χ1) is 15.5. The Balaban J connectivity index is 1.57. The molecule has 1 amide bonds. The van der Waals surface area contributed by atoms with E-state index in [0.717, 1.165) is 39.5 Å². The number of rotatable bonds is 6. The molecule has 0 aliphatic carbocycles. The molecule has 0 radical (unpaired) electrons. The lowest BCUT2D eigenvalue weighted by molar-refractivity contribution is 0.102. The van der Waals surface area contributed by atoms with E-state index in [-0.39, 0.29) is 5.91 Å². The van der Waals surface area contributed by atoms with Crippen molar-refractivity contribution in [3.63, 3.8) is 0 Å². The second-order valence-electron chi connectivity index (χ2n) is 7.81. The minimum atomic E-state index is -0.138. The molecule has 32 heavy (non-hydrogen) atoms. The highest BCUT2D eigenvalue weighted by atomic mass is 16.1. The summed E-state index contributed by atoms with van der Waals surface area (Å²) in [7, 11) is 3.97. The molecular formula is C26H25N5O. The van der Waals surface area contributed by atoms with Crippen LogP contribution in [-0.4, -0.2) is 35.0 Å². The van der Waals surface area contributed by atoms with Gasteiger partial charge in [-0.2, -0.15) is 0 Å². The summed E-state index contributed by atoms with van der Waals surface area (Å²) in [5, 5.41) is 2.98. The lowest BCUT2D eigenvalue weighted by Gasteiger charge is -2.14. The van der Waals surface area contributed by atoms with Gasteiger partial charge in [0, 0.05) is 55.4 Å². The molecule has 2 heterocycles. The van der Waals surface area contributed by atoms with Gasteiger partial charge in [-0.25, -0.2) is 9.97 Å². The first-order valence-corrected chi connectivity index (χ1v) is 10.4. The minimum absolute atomic E-state index is 0.138. The maximum absolute atomic E-state index is 12.9. The summed E-state index contributed by atoms with van der Waals surface area (Å²) in [6, 6.07) is 19.3. The maximum Gasteiger partial charge on any atom is 0.255 e. The summed E-state index contributed by atoms with van der Waals surface area (Å²) >= 11 is 0. The summed E-state index contributed by atoms with van der Waals surface area (Å²) < 4.78 is 0. The van der Waals surface area contributed by atoms with Crippen LogP contribution in [0, 0.1) is 6.92 Å². The topological polar surface area (TPSA) is 71.0 Å². The fourth-order valence-corrected chi connectivity index (χ4v) is 3.49. The van der Waals surface area contributed by atoms with Gasteiger partial charge >= 0.3 is 0 Å². The third kappa shape index (κ3) is 4.81. The number of amides is 1. The molecule has 0 fully saturated rings. The number of aromatic nitrogens is 3.